The van der Waals surface area contributed by atoms with E-state index in [1.165, 1.54) is 5.57 Å². The molecule has 0 aromatic carbocycles. The van der Waals surface area contributed by atoms with Crippen LogP contribution in [-0.2, 0) is 4.79 Å². The summed E-state index contributed by atoms with van der Waals surface area (Å²) in [5.74, 6) is 0.365. The minimum atomic E-state index is -0.679. The van der Waals surface area contributed by atoms with Crippen LogP contribution in [0.3, 0.4) is 0 Å². The van der Waals surface area contributed by atoms with E-state index in [9.17, 15) is 20.1 Å². The van der Waals surface area contributed by atoms with E-state index in [4.69, 9.17) is 0 Å². The first-order valence-corrected chi connectivity index (χ1v) is 13.9. The van der Waals surface area contributed by atoms with Gasteiger partial charge in [0.15, 0.2) is 0 Å². The summed E-state index contributed by atoms with van der Waals surface area (Å²) in [6.07, 6.45) is 9.45. The van der Waals surface area contributed by atoms with Gasteiger partial charge in [-0.3, -0.25) is 4.79 Å². The lowest BCUT2D eigenvalue weighted by Crippen LogP contribution is -2.67. The van der Waals surface area contributed by atoms with Gasteiger partial charge in [0, 0.05) is 0 Å². The SMILES string of the molecule is CC1(C)CC[C@]2(C(=O)O)CC[C@]3(C)C(=CC[C@H]4[C@@]5(C)C[C@@H](O)[C@H](O)C(C)(C)[C@H]5CC[C@]43C)[C@H]2C1. The predicted octanol–water partition coefficient (Wildman–Crippen LogP) is 6.20. The Hall–Kier alpha value is -0.870. The molecule has 9 atom stereocenters. The highest BCUT2D eigenvalue weighted by Gasteiger charge is 2.70. The first kappa shape index (κ1) is 24.8. The van der Waals surface area contributed by atoms with Gasteiger partial charge in [-0.2, -0.15) is 0 Å². The number of aliphatic hydroxyl groups is 2. The molecule has 0 aliphatic heterocycles. The van der Waals surface area contributed by atoms with Crippen LogP contribution in [0.4, 0.5) is 0 Å². The van der Waals surface area contributed by atoms with Crippen molar-refractivity contribution in [3.05, 3.63) is 11.6 Å². The molecule has 0 amide bonds. The van der Waals surface area contributed by atoms with Crippen LogP contribution < -0.4 is 0 Å². The Kier molecular flexibility index (Phi) is 5.20. The van der Waals surface area contributed by atoms with Gasteiger partial charge in [-0.1, -0.05) is 60.1 Å². The van der Waals surface area contributed by atoms with E-state index in [0.717, 1.165) is 51.4 Å². The van der Waals surface area contributed by atoms with E-state index >= 15 is 0 Å². The summed E-state index contributed by atoms with van der Waals surface area (Å²) in [7, 11) is 0. The molecule has 4 fully saturated rings. The van der Waals surface area contributed by atoms with Crippen LogP contribution in [0.1, 0.15) is 106 Å². The summed E-state index contributed by atoms with van der Waals surface area (Å²) in [5.41, 5.74) is 0.754. The number of carbonyl (C=O) groups is 1. The Labute approximate surface area is 206 Å². The van der Waals surface area contributed by atoms with Crippen LogP contribution in [0, 0.1) is 50.2 Å². The highest BCUT2D eigenvalue weighted by atomic mass is 16.4. The van der Waals surface area contributed by atoms with Crippen molar-refractivity contribution < 1.29 is 20.1 Å². The van der Waals surface area contributed by atoms with Gasteiger partial charge in [-0.25, -0.2) is 0 Å². The molecule has 4 heteroatoms. The Bertz CT molecular complexity index is 919. The first-order valence-electron chi connectivity index (χ1n) is 13.9. The van der Waals surface area contributed by atoms with Gasteiger partial charge in [0.2, 0.25) is 0 Å². The highest BCUT2D eigenvalue weighted by Crippen LogP contribution is 2.75. The van der Waals surface area contributed by atoms with Crippen LogP contribution in [-0.4, -0.2) is 33.5 Å². The third-order valence-corrected chi connectivity index (χ3v) is 13.0. The number of fused-ring (bicyclic) bond motifs is 7. The number of rotatable bonds is 1. The molecular formula is C30H48O4. The van der Waals surface area contributed by atoms with Crippen molar-refractivity contribution in [3.63, 3.8) is 0 Å². The third kappa shape index (κ3) is 2.88. The average molecular weight is 473 g/mol. The summed E-state index contributed by atoms with van der Waals surface area (Å²) in [6, 6.07) is 0. The van der Waals surface area contributed by atoms with Crippen molar-refractivity contribution in [1.82, 2.24) is 0 Å². The normalized spacial score (nSPS) is 53.4. The molecule has 3 N–H and O–H groups in total. The van der Waals surface area contributed by atoms with E-state index in [1.807, 2.05) is 0 Å². The molecule has 0 heterocycles. The van der Waals surface area contributed by atoms with Crippen molar-refractivity contribution in [1.29, 1.82) is 0 Å². The van der Waals surface area contributed by atoms with Crippen molar-refractivity contribution in [2.45, 2.75) is 118 Å². The van der Waals surface area contributed by atoms with Gasteiger partial charge in [-0.05, 0) is 103 Å². The van der Waals surface area contributed by atoms with Crippen LogP contribution in [0.25, 0.3) is 0 Å². The molecule has 4 saturated carbocycles. The van der Waals surface area contributed by atoms with Gasteiger partial charge in [0.05, 0.1) is 17.6 Å². The standard InChI is InChI=1S/C30H48O4/c1-25(2)12-14-30(24(33)34)15-13-28(6)18(19(30)16-25)8-9-22-27(5)17-20(31)23(32)26(3,4)21(27)10-11-29(22,28)7/h8,19-23,31-32H,9-17H2,1-7H3,(H,33,34)/t19-,20-,21-,22+,23+,27+,28-,29-,30+/m1/s1. The Morgan fingerprint density at radius 3 is 2.18 bits per heavy atom. The molecule has 0 bridgehead atoms. The van der Waals surface area contributed by atoms with Gasteiger partial charge in [0.1, 0.15) is 0 Å². The molecule has 0 aromatic rings. The summed E-state index contributed by atoms with van der Waals surface area (Å²) in [5, 5.41) is 32.4. The summed E-state index contributed by atoms with van der Waals surface area (Å²) in [6.45, 7) is 16.3. The first-order chi connectivity index (χ1) is 15.6. The molecule has 5 rings (SSSR count). The highest BCUT2D eigenvalue weighted by molar-refractivity contribution is 5.76. The zero-order valence-corrected chi connectivity index (χ0v) is 22.6. The van der Waals surface area contributed by atoms with Crippen molar-refractivity contribution >= 4 is 5.97 Å². The van der Waals surface area contributed by atoms with Crippen LogP contribution in [0.15, 0.2) is 11.6 Å². The summed E-state index contributed by atoms with van der Waals surface area (Å²) < 4.78 is 0. The van der Waals surface area contributed by atoms with Crippen LogP contribution in [0.2, 0.25) is 0 Å². The fraction of sp³-hybridized carbons (Fsp3) is 0.900. The second kappa shape index (κ2) is 7.12. The van der Waals surface area contributed by atoms with Gasteiger partial charge < -0.3 is 15.3 Å². The third-order valence-electron chi connectivity index (χ3n) is 13.0. The Morgan fingerprint density at radius 1 is 0.882 bits per heavy atom. The van der Waals surface area contributed by atoms with E-state index < -0.39 is 23.6 Å². The number of aliphatic carboxylic acids is 1. The summed E-state index contributed by atoms with van der Waals surface area (Å²) in [4.78, 5) is 12.8. The fourth-order valence-electron chi connectivity index (χ4n) is 10.8. The molecule has 0 aromatic heterocycles. The van der Waals surface area contributed by atoms with Crippen LogP contribution >= 0.6 is 0 Å². The molecule has 0 unspecified atom stereocenters. The lowest BCUT2D eigenvalue weighted by molar-refractivity contribution is -0.231. The number of hydrogen-bond donors (Lipinski definition) is 3. The monoisotopic (exact) mass is 472 g/mol. The Balaban J connectivity index is 1.61. The van der Waals surface area contributed by atoms with E-state index in [1.54, 1.807) is 0 Å². The van der Waals surface area contributed by atoms with Crippen molar-refractivity contribution in [3.8, 4) is 0 Å². The number of carboxylic acids is 1. The maximum atomic E-state index is 12.8. The lowest BCUT2D eigenvalue weighted by atomic mass is 9.33. The average Bonchev–Trinajstić information content (AvgIpc) is 2.72. The molecule has 0 radical (unpaired) electrons. The van der Waals surface area contributed by atoms with E-state index in [2.05, 4.69) is 54.5 Å². The zero-order valence-electron chi connectivity index (χ0n) is 22.6. The number of allylic oxidation sites excluding steroid dienone is 2. The molecule has 34 heavy (non-hydrogen) atoms. The Morgan fingerprint density at radius 2 is 1.53 bits per heavy atom. The zero-order chi connectivity index (χ0) is 25.1. The second-order valence-corrected chi connectivity index (χ2v) is 15.2. The quantitative estimate of drug-likeness (QED) is 0.397. The number of carboxylic acid groups (broad SMARTS) is 1. The molecule has 5 aliphatic carbocycles. The van der Waals surface area contributed by atoms with E-state index in [0.29, 0.717) is 18.3 Å². The molecule has 0 saturated heterocycles. The van der Waals surface area contributed by atoms with Crippen molar-refractivity contribution in [2.24, 2.45) is 50.2 Å². The van der Waals surface area contributed by atoms with Crippen molar-refractivity contribution in [2.75, 3.05) is 0 Å². The molecular weight excluding hydrogens is 424 g/mol. The smallest absolute Gasteiger partial charge is 0.310 e. The molecule has 4 nitrogen and oxygen atoms in total. The van der Waals surface area contributed by atoms with Gasteiger partial charge in [-0.15, -0.1) is 0 Å². The second-order valence-electron chi connectivity index (χ2n) is 15.2. The molecule has 5 aliphatic rings. The largest absolute Gasteiger partial charge is 0.481 e. The molecule has 0 spiro atoms. The maximum absolute atomic E-state index is 12.8. The topological polar surface area (TPSA) is 77.8 Å². The van der Waals surface area contributed by atoms with Gasteiger partial charge in [0.25, 0.3) is 0 Å². The van der Waals surface area contributed by atoms with E-state index in [-0.39, 0.29) is 33.0 Å². The molecule has 192 valence electrons. The maximum Gasteiger partial charge on any atom is 0.310 e. The minimum absolute atomic E-state index is 0.00785. The number of hydrogen-bond acceptors (Lipinski definition) is 3. The van der Waals surface area contributed by atoms with Gasteiger partial charge >= 0.3 is 5.97 Å². The minimum Gasteiger partial charge on any atom is -0.481 e. The summed E-state index contributed by atoms with van der Waals surface area (Å²) >= 11 is 0. The fourth-order valence-corrected chi connectivity index (χ4v) is 10.8. The number of aliphatic hydroxyl groups excluding tert-OH is 2. The predicted molar refractivity (Wildman–Crippen MR) is 134 cm³/mol. The lowest BCUT2D eigenvalue weighted by Gasteiger charge is -2.71. The van der Waals surface area contributed by atoms with Crippen LogP contribution in [0.5, 0.6) is 0 Å².